The Morgan fingerprint density at radius 3 is 2.95 bits per heavy atom. The van der Waals surface area contributed by atoms with E-state index in [1.807, 2.05) is 44.4 Å². The third kappa shape index (κ3) is 2.33. The number of aromatic nitrogens is 4. The van der Waals surface area contributed by atoms with E-state index in [-0.39, 0.29) is 0 Å². The van der Waals surface area contributed by atoms with Gasteiger partial charge in [0.2, 0.25) is 5.95 Å². The molecule has 0 aliphatic heterocycles. The number of aryl methyl sites for hydroxylation is 2. The quantitative estimate of drug-likeness (QED) is 0.555. The largest absolute Gasteiger partial charge is 0.323 e. The van der Waals surface area contributed by atoms with Crippen LogP contribution in [0.5, 0.6) is 0 Å². The first-order valence-electron chi connectivity index (χ1n) is 5.96. The molecule has 2 heterocycles. The molecule has 0 aliphatic carbocycles. The lowest BCUT2D eigenvalue weighted by molar-refractivity contribution is 0.756. The zero-order valence-electron chi connectivity index (χ0n) is 10.8. The molecule has 0 radical (unpaired) electrons. The molecule has 6 heteroatoms. The minimum atomic E-state index is 0.624. The van der Waals surface area contributed by atoms with Crippen LogP contribution in [-0.2, 0) is 7.05 Å². The summed E-state index contributed by atoms with van der Waals surface area (Å²) in [6.07, 6.45) is 3.65. The lowest BCUT2D eigenvalue weighted by atomic mass is 10.3. The number of para-hydroxylation sites is 2. The number of rotatable bonds is 3. The highest BCUT2D eigenvalue weighted by atomic mass is 15.4. The predicted octanol–water partition coefficient (Wildman–Crippen LogP) is 2.05. The Balaban J connectivity index is 1.77. The molecule has 0 fully saturated rings. The third-order valence-electron chi connectivity index (χ3n) is 2.81. The number of hydrogen-bond acceptors (Lipinski definition) is 4. The Morgan fingerprint density at radius 2 is 2.21 bits per heavy atom. The van der Waals surface area contributed by atoms with E-state index in [2.05, 4.69) is 25.6 Å². The zero-order chi connectivity index (χ0) is 13.2. The van der Waals surface area contributed by atoms with Crippen LogP contribution in [0.1, 0.15) is 11.3 Å². The number of imidazole rings is 1. The van der Waals surface area contributed by atoms with Gasteiger partial charge in [-0.2, -0.15) is 10.2 Å². The Morgan fingerprint density at radius 1 is 1.37 bits per heavy atom. The molecular formula is C13H14N6. The Hall–Kier alpha value is -2.63. The highest BCUT2D eigenvalue weighted by molar-refractivity contribution is 5.81. The van der Waals surface area contributed by atoms with E-state index in [4.69, 9.17) is 0 Å². The number of fused-ring (bicyclic) bond motifs is 1. The maximum atomic E-state index is 4.37. The van der Waals surface area contributed by atoms with Crippen molar-refractivity contribution in [1.82, 2.24) is 19.7 Å². The first-order chi connectivity index (χ1) is 9.22. The van der Waals surface area contributed by atoms with Crippen LogP contribution < -0.4 is 5.43 Å². The number of hydrazone groups is 1. The fraction of sp³-hybridized carbons (Fsp3) is 0.154. The number of H-pyrrole nitrogens is 1. The summed E-state index contributed by atoms with van der Waals surface area (Å²) in [5, 5.41) is 8.40. The molecule has 6 nitrogen and oxygen atoms in total. The standard InChI is InChI=1S/C13H14N6/c1-9-10(8-19(2)18-9)7-14-17-13-15-11-5-3-4-6-12(11)16-13/h3-8H,1-2H3,(H2,15,16,17)/b14-7+. The van der Waals surface area contributed by atoms with Gasteiger partial charge in [0, 0.05) is 18.8 Å². The van der Waals surface area contributed by atoms with Gasteiger partial charge in [-0.15, -0.1) is 0 Å². The van der Waals surface area contributed by atoms with Crippen LogP contribution in [0.25, 0.3) is 11.0 Å². The lowest BCUT2D eigenvalue weighted by Gasteiger charge is -1.92. The lowest BCUT2D eigenvalue weighted by Crippen LogP contribution is -1.92. The first-order valence-corrected chi connectivity index (χ1v) is 5.96. The molecule has 1 aromatic carbocycles. The van der Waals surface area contributed by atoms with Gasteiger partial charge < -0.3 is 4.98 Å². The molecule has 19 heavy (non-hydrogen) atoms. The molecule has 3 aromatic rings. The van der Waals surface area contributed by atoms with Gasteiger partial charge in [0.15, 0.2) is 0 Å². The highest BCUT2D eigenvalue weighted by Crippen LogP contribution is 2.13. The van der Waals surface area contributed by atoms with Crippen molar-refractivity contribution in [2.75, 3.05) is 5.43 Å². The minimum absolute atomic E-state index is 0.624. The van der Waals surface area contributed by atoms with E-state index >= 15 is 0 Å². The molecule has 0 atom stereocenters. The topological polar surface area (TPSA) is 70.9 Å². The minimum Gasteiger partial charge on any atom is -0.323 e. The molecule has 0 unspecified atom stereocenters. The molecule has 0 aliphatic rings. The molecule has 2 N–H and O–H groups in total. The summed E-state index contributed by atoms with van der Waals surface area (Å²) in [4.78, 5) is 7.52. The molecular weight excluding hydrogens is 240 g/mol. The number of nitrogens with zero attached hydrogens (tertiary/aromatic N) is 4. The van der Waals surface area contributed by atoms with Gasteiger partial charge in [-0.1, -0.05) is 12.1 Å². The Bertz CT molecular complexity index is 704. The number of nitrogens with one attached hydrogen (secondary N) is 2. The van der Waals surface area contributed by atoms with E-state index in [1.54, 1.807) is 10.9 Å². The number of anilines is 1. The highest BCUT2D eigenvalue weighted by Gasteiger charge is 2.01. The SMILES string of the molecule is Cc1nn(C)cc1/C=N/Nc1nc2ccccc2[nH]1. The summed E-state index contributed by atoms with van der Waals surface area (Å²) in [6.45, 7) is 1.95. The molecule has 0 saturated carbocycles. The third-order valence-corrected chi connectivity index (χ3v) is 2.81. The zero-order valence-corrected chi connectivity index (χ0v) is 10.8. The second-order valence-corrected chi connectivity index (χ2v) is 4.32. The maximum absolute atomic E-state index is 4.37. The van der Waals surface area contributed by atoms with Crippen LogP contribution >= 0.6 is 0 Å². The van der Waals surface area contributed by atoms with Gasteiger partial charge in [0.1, 0.15) is 0 Å². The molecule has 2 aromatic heterocycles. The summed E-state index contributed by atoms with van der Waals surface area (Å²) in [6, 6.07) is 7.84. The smallest absolute Gasteiger partial charge is 0.222 e. The van der Waals surface area contributed by atoms with Gasteiger partial charge in [-0.25, -0.2) is 10.4 Å². The van der Waals surface area contributed by atoms with Crippen LogP contribution in [0.2, 0.25) is 0 Å². The molecule has 0 bridgehead atoms. The predicted molar refractivity (Wildman–Crippen MR) is 75.3 cm³/mol. The number of hydrogen-bond donors (Lipinski definition) is 2. The molecule has 0 amide bonds. The van der Waals surface area contributed by atoms with Gasteiger partial charge in [0.25, 0.3) is 0 Å². The summed E-state index contributed by atoms with van der Waals surface area (Å²) in [5.41, 5.74) is 6.70. The van der Waals surface area contributed by atoms with Crippen molar-refractivity contribution in [2.45, 2.75) is 6.92 Å². The van der Waals surface area contributed by atoms with E-state index in [9.17, 15) is 0 Å². The number of aromatic amines is 1. The van der Waals surface area contributed by atoms with Crippen molar-refractivity contribution in [1.29, 1.82) is 0 Å². The van der Waals surface area contributed by atoms with Crippen molar-refractivity contribution in [3.05, 3.63) is 41.7 Å². The van der Waals surface area contributed by atoms with E-state index < -0.39 is 0 Å². The van der Waals surface area contributed by atoms with Crippen molar-refractivity contribution < 1.29 is 0 Å². The van der Waals surface area contributed by atoms with E-state index in [1.165, 1.54) is 0 Å². The van der Waals surface area contributed by atoms with Crippen molar-refractivity contribution in [3.63, 3.8) is 0 Å². The molecule has 96 valence electrons. The molecule has 0 saturated heterocycles. The van der Waals surface area contributed by atoms with Gasteiger partial charge in [0.05, 0.1) is 22.9 Å². The monoisotopic (exact) mass is 254 g/mol. The summed E-state index contributed by atoms with van der Waals surface area (Å²) in [7, 11) is 1.89. The number of benzene rings is 1. The van der Waals surface area contributed by atoms with Crippen molar-refractivity contribution in [3.8, 4) is 0 Å². The fourth-order valence-electron chi connectivity index (χ4n) is 1.91. The Kier molecular flexibility index (Phi) is 2.75. The second-order valence-electron chi connectivity index (χ2n) is 4.32. The van der Waals surface area contributed by atoms with Crippen molar-refractivity contribution >= 4 is 23.2 Å². The van der Waals surface area contributed by atoms with Crippen LogP contribution in [0.3, 0.4) is 0 Å². The molecule has 0 spiro atoms. The molecule has 3 rings (SSSR count). The average molecular weight is 254 g/mol. The summed E-state index contributed by atoms with van der Waals surface area (Å²) < 4.78 is 1.76. The van der Waals surface area contributed by atoms with Crippen LogP contribution in [0, 0.1) is 6.92 Å². The van der Waals surface area contributed by atoms with E-state index in [0.717, 1.165) is 22.3 Å². The average Bonchev–Trinajstić information content (AvgIpc) is 2.92. The van der Waals surface area contributed by atoms with Crippen molar-refractivity contribution in [2.24, 2.45) is 12.1 Å². The van der Waals surface area contributed by atoms with Gasteiger partial charge in [-0.05, 0) is 19.1 Å². The Labute approximate surface area is 110 Å². The summed E-state index contributed by atoms with van der Waals surface area (Å²) >= 11 is 0. The van der Waals surface area contributed by atoms with E-state index in [0.29, 0.717) is 5.95 Å². The first kappa shape index (κ1) is 11.5. The van der Waals surface area contributed by atoms with Gasteiger partial charge >= 0.3 is 0 Å². The van der Waals surface area contributed by atoms with Crippen LogP contribution in [-0.4, -0.2) is 26.0 Å². The second kappa shape index (κ2) is 4.56. The summed E-state index contributed by atoms with van der Waals surface area (Å²) in [5.74, 6) is 0.624. The maximum Gasteiger partial charge on any atom is 0.222 e. The normalized spacial score (nSPS) is 11.5. The fourth-order valence-corrected chi connectivity index (χ4v) is 1.91. The van der Waals surface area contributed by atoms with Crippen LogP contribution in [0.15, 0.2) is 35.6 Å². The van der Waals surface area contributed by atoms with Gasteiger partial charge in [-0.3, -0.25) is 4.68 Å². The van der Waals surface area contributed by atoms with Crippen LogP contribution in [0.4, 0.5) is 5.95 Å².